The van der Waals surface area contributed by atoms with E-state index < -0.39 is 21.7 Å². The van der Waals surface area contributed by atoms with Gasteiger partial charge in [-0.25, -0.2) is 22.3 Å². The monoisotopic (exact) mass is 518 g/mol. The normalized spacial score (nSPS) is 17.9. The van der Waals surface area contributed by atoms with E-state index in [0.29, 0.717) is 25.8 Å². The molecule has 1 aliphatic rings. The van der Waals surface area contributed by atoms with Gasteiger partial charge >= 0.3 is 6.09 Å². The summed E-state index contributed by atoms with van der Waals surface area (Å²) in [6, 6.07) is 12.9. The fourth-order valence-corrected chi connectivity index (χ4v) is 5.90. The van der Waals surface area contributed by atoms with Gasteiger partial charge in [-0.05, 0) is 93.7 Å². The molecule has 0 aromatic heterocycles. The molecule has 1 amide bonds. The van der Waals surface area contributed by atoms with Crippen molar-refractivity contribution in [1.29, 1.82) is 0 Å². The molecule has 2 aromatic rings. The van der Waals surface area contributed by atoms with Crippen LogP contribution in [0.3, 0.4) is 0 Å². The number of aryl methyl sites for hydroxylation is 2. The smallest absolute Gasteiger partial charge is 0.407 e. The molecular weight excluding hydrogens is 479 g/mol. The summed E-state index contributed by atoms with van der Waals surface area (Å²) < 4.78 is 45.9. The molecule has 198 valence electrons. The van der Waals surface area contributed by atoms with Gasteiger partial charge in [0.05, 0.1) is 5.75 Å². The molecule has 36 heavy (non-hydrogen) atoms. The van der Waals surface area contributed by atoms with E-state index in [4.69, 9.17) is 4.74 Å². The average Bonchev–Trinajstić information content (AvgIpc) is 2.77. The summed E-state index contributed by atoms with van der Waals surface area (Å²) in [6.07, 6.45) is 3.75. The minimum atomic E-state index is -3.21. The van der Waals surface area contributed by atoms with E-state index in [0.717, 1.165) is 36.0 Å². The van der Waals surface area contributed by atoms with E-state index in [1.54, 1.807) is 12.1 Å². The van der Waals surface area contributed by atoms with Gasteiger partial charge in [-0.15, -0.1) is 0 Å². The maximum absolute atomic E-state index is 13.9. The zero-order chi connectivity index (χ0) is 26.3. The quantitative estimate of drug-likeness (QED) is 0.421. The number of sulfonamides is 1. The Labute approximate surface area is 215 Å². The van der Waals surface area contributed by atoms with Crippen molar-refractivity contribution in [1.82, 2.24) is 10.0 Å². The molecule has 0 spiro atoms. The van der Waals surface area contributed by atoms with Crippen LogP contribution < -0.4 is 10.0 Å². The van der Waals surface area contributed by atoms with Crippen molar-refractivity contribution >= 4 is 16.1 Å². The van der Waals surface area contributed by atoms with Crippen LogP contribution in [0.25, 0.3) is 0 Å². The summed E-state index contributed by atoms with van der Waals surface area (Å²) in [6.45, 7) is 7.75. The molecule has 0 bridgehead atoms. The average molecular weight is 519 g/mol. The molecule has 0 aliphatic heterocycles. The second-order valence-electron chi connectivity index (χ2n) is 10.6. The van der Waals surface area contributed by atoms with Gasteiger partial charge in [-0.2, -0.15) is 0 Å². The molecule has 2 N–H and O–H groups in total. The van der Waals surface area contributed by atoms with Crippen molar-refractivity contribution in [3.63, 3.8) is 0 Å². The van der Waals surface area contributed by atoms with Crippen molar-refractivity contribution in [3.8, 4) is 0 Å². The molecule has 8 heteroatoms. The maximum atomic E-state index is 13.9. The van der Waals surface area contributed by atoms with Crippen LogP contribution in [0.1, 0.15) is 75.1 Å². The molecule has 0 radical (unpaired) electrons. The lowest BCUT2D eigenvalue weighted by Gasteiger charge is -2.35. The highest BCUT2D eigenvalue weighted by atomic mass is 32.2. The number of hydrogen-bond acceptors (Lipinski definition) is 4. The number of ether oxygens (including phenoxy) is 1. The molecule has 2 aromatic carbocycles. The lowest BCUT2D eigenvalue weighted by atomic mass is 9.75. The van der Waals surface area contributed by atoms with Crippen LogP contribution in [-0.2, 0) is 34.0 Å². The Hall–Kier alpha value is -2.45. The number of carbonyl (C=O) groups is 1. The summed E-state index contributed by atoms with van der Waals surface area (Å²) in [5, 5.41) is 3.07. The molecule has 3 rings (SSSR count). The molecular formula is C28H39FN2O4S. The third-order valence-electron chi connectivity index (χ3n) is 6.30. The van der Waals surface area contributed by atoms with Gasteiger partial charge < -0.3 is 10.1 Å². The van der Waals surface area contributed by atoms with Crippen molar-refractivity contribution < 1.29 is 22.3 Å². The number of benzene rings is 2. The highest BCUT2D eigenvalue weighted by Gasteiger charge is 2.32. The predicted octanol–water partition coefficient (Wildman–Crippen LogP) is 5.25. The molecule has 2 unspecified atom stereocenters. The summed E-state index contributed by atoms with van der Waals surface area (Å²) in [5.74, 6) is -0.176. The first-order chi connectivity index (χ1) is 17.0. The van der Waals surface area contributed by atoms with Gasteiger partial charge in [0, 0.05) is 18.5 Å². The van der Waals surface area contributed by atoms with Gasteiger partial charge in [-0.1, -0.05) is 37.3 Å². The number of amides is 1. The Morgan fingerprint density at radius 2 is 1.92 bits per heavy atom. The van der Waals surface area contributed by atoms with E-state index in [9.17, 15) is 17.6 Å². The van der Waals surface area contributed by atoms with E-state index >= 15 is 0 Å². The van der Waals surface area contributed by atoms with Crippen LogP contribution in [-0.4, -0.2) is 38.5 Å². The Morgan fingerprint density at radius 3 is 2.61 bits per heavy atom. The number of nitrogens with one attached hydrogen (secondary N) is 2. The summed E-state index contributed by atoms with van der Waals surface area (Å²) in [7, 11) is -3.21. The van der Waals surface area contributed by atoms with E-state index in [1.165, 1.54) is 11.6 Å². The number of halogens is 1. The summed E-state index contributed by atoms with van der Waals surface area (Å²) in [5.41, 5.74) is 3.77. The summed E-state index contributed by atoms with van der Waals surface area (Å²) >= 11 is 0. The predicted molar refractivity (Wildman–Crippen MR) is 141 cm³/mol. The van der Waals surface area contributed by atoms with Crippen LogP contribution >= 0.6 is 0 Å². The van der Waals surface area contributed by atoms with Crippen molar-refractivity contribution in [2.24, 2.45) is 0 Å². The third-order valence-corrected chi connectivity index (χ3v) is 7.89. The zero-order valence-electron chi connectivity index (χ0n) is 21.8. The van der Waals surface area contributed by atoms with Crippen LogP contribution in [0.2, 0.25) is 0 Å². The molecule has 6 nitrogen and oxygen atoms in total. The number of carbonyl (C=O) groups excluding carboxylic acids is 1. The minimum absolute atomic E-state index is 0.0360. The third kappa shape index (κ3) is 8.59. The highest BCUT2D eigenvalue weighted by Crippen LogP contribution is 2.36. The van der Waals surface area contributed by atoms with Crippen LogP contribution in [0.4, 0.5) is 9.18 Å². The topological polar surface area (TPSA) is 84.5 Å². The lowest BCUT2D eigenvalue weighted by molar-refractivity contribution is 0.0491. The van der Waals surface area contributed by atoms with E-state index in [1.807, 2.05) is 33.8 Å². The van der Waals surface area contributed by atoms with Crippen molar-refractivity contribution in [3.05, 3.63) is 70.5 Å². The Morgan fingerprint density at radius 1 is 1.14 bits per heavy atom. The molecule has 0 heterocycles. The van der Waals surface area contributed by atoms with Gasteiger partial charge in [0.1, 0.15) is 11.4 Å². The highest BCUT2D eigenvalue weighted by molar-refractivity contribution is 7.89. The first-order valence-electron chi connectivity index (χ1n) is 12.8. The van der Waals surface area contributed by atoms with Gasteiger partial charge in [0.25, 0.3) is 0 Å². The fraction of sp³-hybridized carbons (Fsp3) is 0.536. The SMILES string of the molecule is CCCS(=O)(=O)NCCCc1ccc2c(c1)C(Cc1cccc(F)c1)C(NC(=O)OC(C)(C)C)CC2. The van der Waals surface area contributed by atoms with Crippen LogP contribution in [0.15, 0.2) is 42.5 Å². The molecule has 0 saturated carbocycles. The first-order valence-corrected chi connectivity index (χ1v) is 14.4. The van der Waals surface area contributed by atoms with Crippen LogP contribution in [0, 0.1) is 5.82 Å². The first kappa shape index (κ1) is 28.1. The van der Waals surface area contributed by atoms with Crippen LogP contribution in [0.5, 0.6) is 0 Å². The number of alkyl carbamates (subject to hydrolysis) is 1. The Balaban J connectivity index is 1.79. The van der Waals surface area contributed by atoms with E-state index in [-0.39, 0.29) is 23.5 Å². The second-order valence-corrected chi connectivity index (χ2v) is 12.5. The Kier molecular flexibility index (Phi) is 9.53. The molecule has 2 atom stereocenters. The zero-order valence-corrected chi connectivity index (χ0v) is 22.6. The number of rotatable bonds is 10. The van der Waals surface area contributed by atoms with Crippen molar-refractivity contribution in [2.45, 2.75) is 83.8 Å². The minimum Gasteiger partial charge on any atom is -0.444 e. The molecule has 0 saturated heterocycles. The molecule has 0 fully saturated rings. The van der Waals surface area contributed by atoms with Gasteiger partial charge in [0.2, 0.25) is 10.0 Å². The van der Waals surface area contributed by atoms with Gasteiger partial charge in [0.15, 0.2) is 0 Å². The largest absolute Gasteiger partial charge is 0.444 e. The fourth-order valence-electron chi connectivity index (χ4n) is 4.76. The number of fused-ring (bicyclic) bond motifs is 1. The Bertz CT molecular complexity index is 1140. The maximum Gasteiger partial charge on any atom is 0.407 e. The van der Waals surface area contributed by atoms with Crippen molar-refractivity contribution in [2.75, 3.05) is 12.3 Å². The molecule has 1 aliphatic carbocycles. The number of hydrogen-bond donors (Lipinski definition) is 2. The summed E-state index contributed by atoms with van der Waals surface area (Å²) in [4.78, 5) is 12.6. The van der Waals surface area contributed by atoms with Gasteiger partial charge in [-0.3, -0.25) is 0 Å². The lowest BCUT2D eigenvalue weighted by Crippen LogP contribution is -2.44. The van der Waals surface area contributed by atoms with E-state index in [2.05, 4.69) is 28.2 Å². The standard InChI is InChI=1S/C28H39FN2O4S/c1-5-16-36(33,34)30-15-7-9-20-11-12-22-13-14-26(31-27(32)35-28(2,3)4)25(24(22)18-20)19-21-8-6-10-23(29)17-21/h6,8,10-12,17-18,25-26,30H,5,7,9,13-16,19H2,1-4H3,(H,31,32). The second kappa shape index (κ2) is 12.2.